The molecule has 12 atom stereocenters. The van der Waals surface area contributed by atoms with Gasteiger partial charge in [-0.15, -0.1) is 0 Å². The van der Waals surface area contributed by atoms with Crippen molar-refractivity contribution in [1.29, 1.82) is 0 Å². The number of aliphatic carboxylic acids is 3. The van der Waals surface area contributed by atoms with E-state index in [1.807, 2.05) is 0 Å². The molecule has 1 aliphatic rings. The van der Waals surface area contributed by atoms with E-state index in [4.69, 9.17) is 16.6 Å². The molecule has 0 saturated carbocycles. The SMILES string of the molecule is CC[C@H](C)[C@H](NC(=O)[C@H](CO)NC(=O)[C@H](CC(C)C)NC(=O)[C@@H](NC(=O)[C@@H]1CCCN1C(=O)[C@H](CC(=O)O)NC(=O)[C@@H](NC(=O)[C@@H](N)CCC(=O)O)[C@@H](C)CC)C(C)C)C(=O)N[C@@H](CC(C)C)C(=O)N[C@@H](CC(N)=O)C(=O)O. The van der Waals surface area contributed by atoms with Gasteiger partial charge in [0.2, 0.25) is 59.1 Å². The van der Waals surface area contributed by atoms with Crippen LogP contribution in [0.15, 0.2) is 0 Å². The van der Waals surface area contributed by atoms with Gasteiger partial charge in [0, 0.05) is 13.0 Å². The van der Waals surface area contributed by atoms with Crippen molar-refractivity contribution in [3.05, 3.63) is 0 Å². The van der Waals surface area contributed by atoms with Gasteiger partial charge in [0.1, 0.15) is 54.4 Å². The number of rotatable bonds is 35. The van der Waals surface area contributed by atoms with E-state index in [9.17, 15) is 77.6 Å². The van der Waals surface area contributed by atoms with Gasteiger partial charge in [-0.2, -0.15) is 0 Å². The van der Waals surface area contributed by atoms with E-state index in [0.29, 0.717) is 12.8 Å². The lowest BCUT2D eigenvalue weighted by Gasteiger charge is -2.32. The fourth-order valence-corrected chi connectivity index (χ4v) is 8.32. The molecule has 78 heavy (non-hydrogen) atoms. The highest BCUT2D eigenvalue weighted by molar-refractivity contribution is 5.99. The monoisotopic (exact) mass is 1110 g/mol. The molecule has 0 bridgehead atoms. The smallest absolute Gasteiger partial charge is 0.326 e. The lowest BCUT2D eigenvalue weighted by molar-refractivity contribution is -0.146. The summed E-state index contributed by atoms with van der Waals surface area (Å²) in [5, 5.41) is 58.5. The quantitative estimate of drug-likeness (QED) is 0.0307. The number of carbonyl (C=O) groups excluding carboxylic acids is 10. The number of carboxylic acids is 3. The zero-order chi connectivity index (χ0) is 59.9. The minimum absolute atomic E-state index is 0.0120. The summed E-state index contributed by atoms with van der Waals surface area (Å²) in [5.74, 6) is -15.7. The van der Waals surface area contributed by atoms with Crippen LogP contribution in [-0.2, 0) is 62.3 Å². The van der Waals surface area contributed by atoms with Crippen molar-refractivity contribution in [2.45, 2.75) is 194 Å². The molecule has 0 aromatic heterocycles. The molecule has 1 rings (SSSR count). The van der Waals surface area contributed by atoms with E-state index in [0.717, 1.165) is 4.90 Å². The molecule has 1 saturated heterocycles. The van der Waals surface area contributed by atoms with Crippen molar-refractivity contribution >= 4 is 77.0 Å². The fraction of sp³-hybridized carbons (Fsp3) is 0.740. The standard InChI is InChI=1S/C50H85N11O17/c1-11-26(9)39(59-41(68)28(51)15-16-36(64)65)48(75)55-31(21-37(66)67)49(76)61-17-13-14-34(61)45(72)58-38(25(7)8)46(73)53-30(19-24(5)6)43(70)57-33(22-62)44(71)60-40(27(10)12-2)47(74)54-29(18-23(3)4)42(69)56-32(50(77)78)20-35(52)63/h23-34,38-40,62H,11-22,51H2,1-10H3,(H2,52,63)(H,53,73)(H,54,74)(H,55,75)(H,56,69)(H,57,70)(H,58,72)(H,59,68)(H,60,71)(H,64,65)(H,66,67)(H,77,78)/t26-,27-,28-,29-,30-,31-,32-,33-,34-,38-,39-,40-/m0/s1. The van der Waals surface area contributed by atoms with Crippen LogP contribution in [0.3, 0.4) is 0 Å². The van der Waals surface area contributed by atoms with E-state index < -0.39 is 181 Å². The third-order valence-corrected chi connectivity index (χ3v) is 13.2. The Balaban J connectivity index is 3.35. The molecule has 10 amide bonds. The maximum Gasteiger partial charge on any atom is 0.326 e. The summed E-state index contributed by atoms with van der Waals surface area (Å²) in [5.41, 5.74) is 11.0. The first-order valence-electron chi connectivity index (χ1n) is 26.3. The average Bonchev–Trinajstić information content (AvgIpc) is 3.85. The number of carbonyl (C=O) groups is 13. The number of aliphatic hydroxyl groups is 1. The van der Waals surface area contributed by atoms with Crippen LogP contribution in [0, 0.1) is 29.6 Å². The Hall–Kier alpha value is -6.97. The van der Waals surface area contributed by atoms with E-state index in [2.05, 4.69) is 42.5 Å². The van der Waals surface area contributed by atoms with Gasteiger partial charge in [0.05, 0.1) is 25.5 Å². The Bertz CT molecular complexity index is 2140. The number of hydrogen-bond donors (Lipinski definition) is 14. The largest absolute Gasteiger partial charge is 0.481 e. The van der Waals surface area contributed by atoms with E-state index in [-0.39, 0.29) is 50.5 Å². The molecule has 0 aromatic rings. The molecule has 0 unspecified atom stereocenters. The zero-order valence-electron chi connectivity index (χ0n) is 46.3. The molecular formula is C50H85N11O17. The number of nitrogens with zero attached hydrogens (tertiary/aromatic N) is 1. The van der Waals surface area contributed by atoms with Crippen molar-refractivity contribution in [2.24, 2.45) is 41.1 Å². The molecule has 0 spiro atoms. The first-order valence-corrected chi connectivity index (χ1v) is 26.3. The number of likely N-dealkylation sites (tertiary alicyclic amines) is 1. The topological polar surface area (TPSA) is 454 Å². The number of hydrogen-bond acceptors (Lipinski definition) is 15. The third-order valence-electron chi connectivity index (χ3n) is 13.2. The number of nitrogens with one attached hydrogen (secondary N) is 8. The molecule has 442 valence electrons. The van der Waals surface area contributed by atoms with Gasteiger partial charge in [-0.3, -0.25) is 57.5 Å². The second-order valence-electron chi connectivity index (χ2n) is 21.1. The highest BCUT2D eigenvalue weighted by Crippen LogP contribution is 2.21. The van der Waals surface area contributed by atoms with Gasteiger partial charge in [0.15, 0.2) is 0 Å². The normalized spacial score (nSPS) is 17.5. The molecule has 1 aliphatic heterocycles. The minimum atomic E-state index is -1.73. The second-order valence-corrected chi connectivity index (χ2v) is 21.1. The molecule has 28 nitrogen and oxygen atoms in total. The Morgan fingerprint density at radius 1 is 0.538 bits per heavy atom. The lowest BCUT2D eigenvalue weighted by Crippen LogP contribution is -2.62. The van der Waals surface area contributed by atoms with E-state index in [1.165, 1.54) is 0 Å². The summed E-state index contributed by atoms with van der Waals surface area (Å²) in [6, 6.07) is -14.4. The third kappa shape index (κ3) is 22.9. The Morgan fingerprint density at radius 2 is 0.974 bits per heavy atom. The van der Waals surface area contributed by atoms with Crippen LogP contribution < -0.4 is 54.0 Å². The van der Waals surface area contributed by atoms with Crippen molar-refractivity contribution < 1.29 is 82.8 Å². The van der Waals surface area contributed by atoms with E-state index >= 15 is 0 Å². The molecule has 0 aromatic carbocycles. The second kappa shape index (κ2) is 33.4. The van der Waals surface area contributed by atoms with Crippen molar-refractivity contribution in [3.63, 3.8) is 0 Å². The molecule has 0 radical (unpaired) electrons. The zero-order valence-corrected chi connectivity index (χ0v) is 46.3. The summed E-state index contributed by atoms with van der Waals surface area (Å²) in [7, 11) is 0. The summed E-state index contributed by atoms with van der Waals surface area (Å²) >= 11 is 0. The first-order chi connectivity index (χ1) is 36.3. The van der Waals surface area contributed by atoms with Crippen molar-refractivity contribution in [1.82, 2.24) is 47.4 Å². The Morgan fingerprint density at radius 3 is 1.38 bits per heavy atom. The number of nitrogens with two attached hydrogens (primary N) is 2. The van der Waals surface area contributed by atoms with Crippen molar-refractivity contribution in [2.75, 3.05) is 13.2 Å². The van der Waals surface area contributed by atoms with Crippen LogP contribution in [0.2, 0.25) is 0 Å². The maximum absolute atomic E-state index is 14.1. The molecule has 1 heterocycles. The highest BCUT2D eigenvalue weighted by atomic mass is 16.4. The van der Waals surface area contributed by atoms with Gasteiger partial charge >= 0.3 is 17.9 Å². The van der Waals surface area contributed by atoms with Gasteiger partial charge in [-0.05, 0) is 61.7 Å². The lowest BCUT2D eigenvalue weighted by atomic mass is 9.96. The number of amides is 10. The van der Waals surface area contributed by atoms with Gasteiger partial charge in [-0.1, -0.05) is 82.1 Å². The molecule has 0 aliphatic carbocycles. The summed E-state index contributed by atoms with van der Waals surface area (Å²) in [4.78, 5) is 171. The summed E-state index contributed by atoms with van der Waals surface area (Å²) in [6.07, 6.45) is -1.34. The first kappa shape index (κ1) is 69.0. The van der Waals surface area contributed by atoms with Gasteiger partial charge in [0.25, 0.3) is 0 Å². The van der Waals surface area contributed by atoms with Crippen LogP contribution in [0.25, 0.3) is 0 Å². The Kier molecular flexibility index (Phi) is 29.5. The van der Waals surface area contributed by atoms with Crippen LogP contribution in [0.5, 0.6) is 0 Å². The molecule has 16 N–H and O–H groups in total. The maximum atomic E-state index is 14.1. The average molecular weight is 1110 g/mol. The van der Waals surface area contributed by atoms with Gasteiger partial charge < -0.3 is 79.3 Å². The fourth-order valence-electron chi connectivity index (χ4n) is 8.32. The van der Waals surface area contributed by atoms with Crippen LogP contribution in [0.4, 0.5) is 0 Å². The van der Waals surface area contributed by atoms with Crippen LogP contribution >= 0.6 is 0 Å². The molecule has 28 heteroatoms. The molecule has 1 fully saturated rings. The number of primary amides is 1. The predicted molar refractivity (Wildman–Crippen MR) is 278 cm³/mol. The van der Waals surface area contributed by atoms with Crippen molar-refractivity contribution in [3.8, 4) is 0 Å². The Labute approximate surface area is 454 Å². The van der Waals surface area contributed by atoms with E-state index in [1.54, 1.807) is 69.2 Å². The van der Waals surface area contributed by atoms with Crippen LogP contribution in [0.1, 0.15) is 133 Å². The number of aliphatic hydroxyl groups excluding tert-OH is 1. The predicted octanol–water partition coefficient (Wildman–Crippen LogP) is -2.68. The summed E-state index contributed by atoms with van der Waals surface area (Å²) in [6.45, 7) is 15.7. The number of carboxylic acid groups (broad SMARTS) is 3. The van der Waals surface area contributed by atoms with Gasteiger partial charge in [-0.25, -0.2) is 4.79 Å². The molecular weight excluding hydrogens is 1030 g/mol. The summed E-state index contributed by atoms with van der Waals surface area (Å²) < 4.78 is 0. The van der Waals surface area contributed by atoms with Crippen LogP contribution in [-0.4, -0.2) is 176 Å². The highest BCUT2D eigenvalue weighted by Gasteiger charge is 2.42. The minimum Gasteiger partial charge on any atom is -0.481 e.